The Labute approximate surface area is 185 Å². The standard InChI is InChI=1S/C25H32N2O3S/c1-17-11-13-27(14-12-17)31(29,30)23-10-7-18(2)24(16-23)25(28)26-19(3)21-9-8-20-5-4-6-22(20)15-21/h7-10,15-17,19H,4-6,11-14H2,1-3H3,(H,26,28)/t19-/m1/s1. The van der Waals surface area contributed by atoms with Gasteiger partial charge in [-0.25, -0.2) is 8.42 Å². The molecule has 1 aliphatic carbocycles. The molecule has 2 aromatic carbocycles. The Morgan fingerprint density at radius 2 is 1.77 bits per heavy atom. The van der Waals surface area contributed by atoms with Crippen molar-refractivity contribution in [3.8, 4) is 0 Å². The van der Waals surface area contributed by atoms with Gasteiger partial charge in [-0.2, -0.15) is 4.31 Å². The average molecular weight is 441 g/mol. The maximum atomic E-state index is 13.1. The number of fused-ring (bicyclic) bond motifs is 1. The highest BCUT2D eigenvalue weighted by Gasteiger charge is 2.29. The molecule has 31 heavy (non-hydrogen) atoms. The Bertz CT molecular complexity index is 1090. The van der Waals surface area contributed by atoms with Crippen LogP contribution >= 0.6 is 0 Å². The molecular formula is C25H32N2O3S. The van der Waals surface area contributed by atoms with Crippen LogP contribution in [-0.4, -0.2) is 31.7 Å². The summed E-state index contributed by atoms with van der Waals surface area (Å²) < 4.78 is 27.8. The lowest BCUT2D eigenvalue weighted by molar-refractivity contribution is 0.0939. The normalized spacial score (nSPS) is 18.5. The average Bonchev–Trinajstić information content (AvgIpc) is 3.22. The van der Waals surface area contributed by atoms with Crippen LogP contribution < -0.4 is 5.32 Å². The number of carbonyl (C=O) groups excluding carboxylic acids is 1. The van der Waals surface area contributed by atoms with E-state index in [1.165, 1.54) is 23.6 Å². The zero-order valence-corrected chi connectivity index (χ0v) is 19.5. The highest BCUT2D eigenvalue weighted by Crippen LogP contribution is 2.27. The largest absolute Gasteiger partial charge is 0.346 e. The van der Waals surface area contributed by atoms with E-state index in [1.54, 1.807) is 16.4 Å². The summed E-state index contributed by atoms with van der Waals surface area (Å²) in [6.45, 7) is 7.04. The maximum absolute atomic E-state index is 13.1. The SMILES string of the molecule is Cc1ccc(S(=O)(=O)N2CCC(C)CC2)cc1C(=O)N[C@H](C)c1ccc2c(c1)CCC2. The van der Waals surface area contributed by atoms with E-state index in [1.807, 2.05) is 13.8 Å². The second-order valence-electron chi connectivity index (χ2n) is 9.14. The van der Waals surface area contributed by atoms with E-state index in [9.17, 15) is 13.2 Å². The Morgan fingerprint density at radius 1 is 1.06 bits per heavy atom. The number of aryl methyl sites for hydroxylation is 3. The number of hydrogen-bond acceptors (Lipinski definition) is 3. The number of hydrogen-bond donors (Lipinski definition) is 1. The van der Waals surface area contributed by atoms with Gasteiger partial charge in [-0.05, 0) is 86.3 Å². The molecule has 4 rings (SSSR count). The summed E-state index contributed by atoms with van der Waals surface area (Å²) in [5, 5.41) is 3.06. The Morgan fingerprint density at radius 3 is 2.52 bits per heavy atom. The molecule has 0 bridgehead atoms. The van der Waals surface area contributed by atoms with Crippen LogP contribution in [0.15, 0.2) is 41.3 Å². The van der Waals surface area contributed by atoms with Crippen molar-refractivity contribution in [3.05, 3.63) is 64.2 Å². The quantitative estimate of drug-likeness (QED) is 0.750. The second-order valence-corrected chi connectivity index (χ2v) is 11.1. The van der Waals surface area contributed by atoms with E-state index >= 15 is 0 Å². The molecule has 1 heterocycles. The first-order chi connectivity index (χ1) is 14.8. The predicted molar refractivity (Wildman–Crippen MR) is 123 cm³/mol. The molecule has 2 aliphatic rings. The molecule has 2 aromatic rings. The summed E-state index contributed by atoms with van der Waals surface area (Å²) in [4.78, 5) is 13.3. The van der Waals surface area contributed by atoms with Gasteiger partial charge < -0.3 is 5.32 Å². The fourth-order valence-corrected chi connectivity index (χ4v) is 6.10. The number of piperidine rings is 1. The molecular weight excluding hydrogens is 408 g/mol. The summed E-state index contributed by atoms with van der Waals surface area (Å²) in [7, 11) is -3.59. The summed E-state index contributed by atoms with van der Waals surface area (Å²) in [5.41, 5.74) is 5.05. The highest BCUT2D eigenvalue weighted by molar-refractivity contribution is 7.89. The van der Waals surface area contributed by atoms with Crippen LogP contribution in [0.5, 0.6) is 0 Å². The van der Waals surface area contributed by atoms with Gasteiger partial charge in [0.1, 0.15) is 0 Å². The molecule has 0 unspecified atom stereocenters. The van der Waals surface area contributed by atoms with Crippen LogP contribution in [0, 0.1) is 12.8 Å². The van der Waals surface area contributed by atoms with E-state index in [0.29, 0.717) is 24.6 Å². The molecule has 1 aliphatic heterocycles. The molecule has 1 fully saturated rings. The Kier molecular flexibility index (Phi) is 6.22. The van der Waals surface area contributed by atoms with Crippen molar-refractivity contribution in [2.24, 2.45) is 5.92 Å². The smallest absolute Gasteiger partial charge is 0.252 e. The van der Waals surface area contributed by atoms with Gasteiger partial charge in [0.15, 0.2) is 0 Å². The van der Waals surface area contributed by atoms with Gasteiger partial charge in [-0.15, -0.1) is 0 Å². The van der Waals surface area contributed by atoms with Crippen LogP contribution in [0.4, 0.5) is 0 Å². The highest BCUT2D eigenvalue weighted by atomic mass is 32.2. The fourth-order valence-electron chi connectivity index (χ4n) is 4.60. The van der Waals surface area contributed by atoms with Gasteiger partial charge in [-0.1, -0.05) is 31.2 Å². The zero-order chi connectivity index (χ0) is 22.2. The van der Waals surface area contributed by atoms with Crippen LogP contribution in [0.2, 0.25) is 0 Å². The van der Waals surface area contributed by atoms with Crippen molar-refractivity contribution < 1.29 is 13.2 Å². The van der Waals surface area contributed by atoms with Gasteiger partial charge in [0.05, 0.1) is 10.9 Å². The molecule has 1 amide bonds. The lowest BCUT2D eigenvalue weighted by Crippen LogP contribution is -2.38. The number of amides is 1. The molecule has 1 atom stereocenters. The number of benzene rings is 2. The lowest BCUT2D eigenvalue weighted by Gasteiger charge is -2.29. The number of nitrogens with one attached hydrogen (secondary N) is 1. The van der Waals surface area contributed by atoms with Crippen molar-refractivity contribution in [1.82, 2.24) is 9.62 Å². The van der Waals surface area contributed by atoms with E-state index in [4.69, 9.17) is 0 Å². The van der Waals surface area contributed by atoms with E-state index in [2.05, 4.69) is 30.4 Å². The van der Waals surface area contributed by atoms with Crippen molar-refractivity contribution in [2.45, 2.75) is 63.8 Å². The zero-order valence-electron chi connectivity index (χ0n) is 18.6. The third-order valence-electron chi connectivity index (χ3n) is 6.80. The lowest BCUT2D eigenvalue weighted by atomic mass is 10.0. The van der Waals surface area contributed by atoms with Gasteiger partial charge in [0.25, 0.3) is 5.91 Å². The molecule has 0 aromatic heterocycles. The number of nitrogens with zero attached hydrogens (tertiary/aromatic N) is 1. The van der Waals surface area contributed by atoms with Crippen LogP contribution in [0.1, 0.15) is 71.8 Å². The number of carbonyl (C=O) groups is 1. The molecule has 1 saturated heterocycles. The third-order valence-corrected chi connectivity index (χ3v) is 8.70. The van der Waals surface area contributed by atoms with Gasteiger partial charge in [0, 0.05) is 18.7 Å². The third kappa shape index (κ3) is 4.55. The first kappa shape index (κ1) is 22.0. The Balaban J connectivity index is 1.53. The van der Waals surface area contributed by atoms with Crippen molar-refractivity contribution in [3.63, 3.8) is 0 Å². The minimum Gasteiger partial charge on any atom is -0.346 e. The maximum Gasteiger partial charge on any atom is 0.252 e. The van der Waals surface area contributed by atoms with E-state index in [0.717, 1.165) is 36.8 Å². The number of sulfonamides is 1. The molecule has 5 nitrogen and oxygen atoms in total. The summed E-state index contributed by atoms with van der Waals surface area (Å²) in [6, 6.07) is 11.2. The van der Waals surface area contributed by atoms with Crippen LogP contribution in [0.3, 0.4) is 0 Å². The molecule has 1 N–H and O–H groups in total. The van der Waals surface area contributed by atoms with Crippen molar-refractivity contribution >= 4 is 15.9 Å². The predicted octanol–water partition coefficient (Wildman–Crippen LogP) is 4.40. The minimum absolute atomic E-state index is 0.151. The molecule has 0 saturated carbocycles. The van der Waals surface area contributed by atoms with E-state index < -0.39 is 10.0 Å². The second kappa shape index (κ2) is 8.75. The first-order valence-corrected chi connectivity index (χ1v) is 12.7. The fraction of sp³-hybridized carbons (Fsp3) is 0.480. The van der Waals surface area contributed by atoms with Crippen LogP contribution in [0.25, 0.3) is 0 Å². The monoisotopic (exact) mass is 440 g/mol. The van der Waals surface area contributed by atoms with E-state index in [-0.39, 0.29) is 16.8 Å². The molecule has 166 valence electrons. The summed E-state index contributed by atoms with van der Waals surface area (Å²) >= 11 is 0. The van der Waals surface area contributed by atoms with Gasteiger partial charge in [-0.3, -0.25) is 4.79 Å². The van der Waals surface area contributed by atoms with Gasteiger partial charge in [0.2, 0.25) is 10.0 Å². The van der Waals surface area contributed by atoms with Crippen molar-refractivity contribution in [2.75, 3.05) is 13.1 Å². The molecule has 0 radical (unpaired) electrons. The molecule has 6 heteroatoms. The number of rotatable bonds is 5. The minimum atomic E-state index is -3.59. The Hall–Kier alpha value is -2.18. The van der Waals surface area contributed by atoms with Crippen LogP contribution in [-0.2, 0) is 22.9 Å². The topological polar surface area (TPSA) is 66.5 Å². The molecule has 0 spiro atoms. The van der Waals surface area contributed by atoms with Crippen molar-refractivity contribution in [1.29, 1.82) is 0 Å². The first-order valence-electron chi connectivity index (χ1n) is 11.3. The van der Waals surface area contributed by atoms with Gasteiger partial charge >= 0.3 is 0 Å². The summed E-state index contributed by atoms with van der Waals surface area (Å²) in [5.74, 6) is 0.307. The summed E-state index contributed by atoms with van der Waals surface area (Å²) in [6.07, 6.45) is 5.16.